The van der Waals surface area contributed by atoms with Crippen molar-refractivity contribution in [2.75, 3.05) is 0 Å². The number of fused-ring (bicyclic) bond motifs is 7. The highest BCUT2D eigenvalue weighted by molar-refractivity contribution is 6.16. The van der Waals surface area contributed by atoms with Crippen LogP contribution in [-0.4, -0.2) is 4.98 Å². The molecule has 1 N–H and O–H groups in total. The minimum absolute atomic E-state index is 1.06. The zero-order valence-corrected chi connectivity index (χ0v) is 11.9. The summed E-state index contributed by atoms with van der Waals surface area (Å²) in [6.07, 6.45) is 1.06. The van der Waals surface area contributed by atoms with Crippen molar-refractivity contribution in [2.45, 2.75) is 13.3 Å². The molecule has 0 unspecified atom stereocenters. The van der Waals surface area contributed by atoms with Crippen LogP contribution < -0.4 is 0 Å². The fourth-order valence-electron chi connectivity index (χ4n) is 3.73. The van der Waals surface area contributed by atoms with Crippen LogP contribution in [0.15, 0.2) is 54.6 Å². The molecule has 0 fully saturated rings. The van der Waals surface area contributed by atoms with E-state index in [9.17, 15) is 0 Å². The molecule has 0 saturated carbocycles. The minimum atomic E-state index is 1.06. The zero-order valence-electron chi connectivity index (χ0n) is 11.9. The molecule has 1 heteroatoms. The van der Waals surface area contributed by atoms with Crippen molar-refractivity contribution in [3.05, 3.63) is 71.3 Å². The van der Waals surface area contributed by atoms with Gasteiger partial charge in [0.1, 0.15) is 0 Å². The van der Waals surface area contributed by atoms with Gasteiger partial charge in [-0.25, -0.2) is 0 Å². The molecule has 1 nitrogen and oxygen atoms in total. The van der Waals surface area contributed by atoms with Crippen molar-refractivity contribution in [1.82, 2.24) is 4.98 Å². The third-order valence-corrected chi connectivity index (χ3v) is 4.67. The summed E-state index contributed by atoms with van der Waals surface area (Å²) in [5, 5.41) is 2.73. The van der Waals surface area contributed by atoms with E-state index in [1.165, 1.54) is 49.6 Å². The lowest BCUT2D eigenvalue weighted by Crippen LogP contribution is -1.80. The summed E-state index contributed by atoms with van der Waals surface area (Å²) in [5.74, 6) is 0. The molecule has 1 aromatic heterocycles. The highest BCUT2D eigenvalue weighted by Gasteiger charge is 2.22. The highest BCUT2D eigenvalue weighted by atomic mass is 14.7. The molecule has 1 aliphatic carbocycles. The van der Waals surface area contributed by atoms with Crippen LogP contribution in [0.25, 0.3) is 32.9 Å². The van der Waals surface area contributed by atoms with Crippen LogP contribution in [0.2, 0.25) is 0 Å². The Kier molecular flexibility index (Phi) is 2.00. The lowest BCUT2D eigenvalue weighted by molar-refractivity contribution is 1.27. The van der Waals surface area contributed by atoms with E-state index in [1.54, 1.807) is 0 Å². The van der Waals surface area contributed by atoms with Crippen molar-refractivity contribution in [3.8, 4) is 11.1 Å². The first-order valence-electron chi connectivity index (χ1n) is 7.43. The van der Waals surface area contributed by atoms with Crippen molar-refractivity contribution >= 4 is 21.8 Å². The zero-order chi connectivity index (χ0) is 14.0. The van der Waals surface area contributed by atoms with E-state index >= 15 is 0 Å². The summed E-state index contributed by atoms with van der Waals surface area (Å²) in [4.78, 5) is 3.57. The van der Waals surface area contributed by atoms with Gasteiger partial charge in [0.2, 0.25) is 0 Å². The summed E-state index contributed by atoms with van der Waals surface area (Å²) in [5.41, 5.74) is 9.51. The Balaban J connectivity index is 2.02. The molecule has 100 valence electrons. The molecule has 1 heterocycles. The third kappa shape index (κ3) is 1.41. The predicted molar refractivity (Wildman–Crippen MR) is 88.8 cm³/mol. The van der Waals surface area contributed by atoms with Crippen LogP contribution in [0.3, 0.4) is 0 Å². The summed E-state index contributed by atoms with van der Waals surface area (Å²) in [7, 11) is 0. The maximum absolute atomic E-state index is 3.57. The molecule has 21 heavy (non-hydrogen) atoms. The quantitative estimate of drug-likeness (QED) is 0.397. The van der Waals surface area contributed by atoms with Crippen LogP contribution in [0, 0.1) is 6.92 Å². The summed E-state index contributed by atoms with van der Waals surface area (Å²) in [6.45, 7) is 2.16. The third-order valence-electron chi connectivity index (χ3n) is 4.67. The molecule has 3 aromatic carbocycles. The van der Waals surface area contributed by atoms with E-state index in [1.807, 2.05) is 0 Å². The van der Waals surface area contributed by atoms with Gasteiger partial charge in [0, 0.05) is 21.8 Å². The van der Waals surface area contributed by atoms with E-state index in [0.717, 1.165) is 6.42 Å². The lowest BCUT2D eigenvalue weighted by Gasteiger charge is -2.04. The monoisotopic (exact) mass is 269 g/mol. The van der Waals surface area contributed by atoms with E-state index in [-0.39, 0.29) is 0 Å². The summed E-state index contributed by atoms with van der Waals surface area (Å²) in [6, 6.07) is 20.0. The Labute approximate surface area is 123 Å². The van der Waals surface area contributed by atoms with Crippen LogP contribution in [0.1, 0.15) is 16.7 Å². The van der Waals surface area contributed by atoms with Gasteiger partial charge in [-0.1, -0.05) is 42.0 Å². The first-order chi connectivity index (χ1) is 10.3. The topological polar surface area (TPSA) is 15.8 Å². The van der Waals surface area contributed by atoms with Gasteiger partial charge in [-0.3, -0.25) is 0 Å². The standard InChI is InChI=1S/C20H15N/c1-12-6-8-17-16(10-12)20-18(21-17)9-7-14-11-13-4-2-3-5-15(13)19(14)20/h2-10,21H,11H2,1H3. The number of H-pyrrole nitrogens is 1. The number of rotatable bonds is 0. The van der Waals surface area contributed by atoms with Crippen molar-refractivity contribution < 1.29 is 0 Å². The molecule has 4 aromatic rings. The number of hydrogen-bond donors (Lipinski definition) is 1. The fourth-order valence-corrected chi connectivity index (χ4v) is 3.73. The molecule has 0 aliphatic heterocycles. The molecule has 0 spiro atoms. The molecule has 0 amide bonds. The average Bonchev–Trinajstić information content (AvgIpc) is 3.04. The first-order valence-corrected chi connectivity index (χ1v) is 7.43. The molecule has 0 radical (unpaired) electrons. The van der Waals surface area contributed by atoms with Gasteiger partial charge in [-0.15, -0.1) is 0 Å². The number of benzene rings is 3. The molecular formula is C20H15N. The van der Waals surface area contributed by atoms with Crippen LogP contribution in [-0.2, 0) is 6.42 Å². The number of aromatic amines is 1. The van der Waals surface area contributed by atoms with Gasteiger partial charge in [0.15, 0.2) is 0 Å². The minimum Gasteiger partial charge on any atom is -0.354 e. The number of aryl methyl sites for hydroxylation is 1. The molecule has 1 aliphatic rings. The van der Waals surface area contributed by atoms with E-state index < -0.39 is 0 Å². The summed E-state index contributed by atoms with van der Waals surface area (Å²) >= 11 is 0. The van der Waals surface area contributed by atoms with E-state index in [4.69, 9.17) is 0 Å². The van der Waals surface area contributed by atoms with Gasteiger partial charge in [0.05, 0.1) is 0 Å². The second kappa shape index (κ2) is 3.76. The maximum atomic E-state index is 3.57. The van der Waals surface area contributed by atoms with E-state index in [2.05, 4.69) is 66.5 Å². The van der Waals surface area contributed by atoms with Gasteiger partial charge in [-0.2, -0.15) is 0 Å². The van der Waals surface area contributed by atoms with Crippen molar-refractivity contribution in [3.63, 3.8) is 0 Å². The largest absolute Gasteiger partial charge is 0.354 e. The molecule has 0 saturated heterocycles. The van der Waals surface area contributed by atoms with Crippen molar-refractivity contribution in [1.29, 1.82) is 0 Å². The average molecular weight is 269 g/mol. The maximum Gasteiger partial charge on any atom is 0.0471 e. The molecule has 0 bridgehead atoms. The van der Waals surface area contributed by atoms with Gasteiger partial charge in [0.25, 0.3) is 0 Å². The number of hydrogen-bond acceptors (Lipinski definition) is 0. The van der Waals surface area contributed by atoms with Crippen molar-refractivity contribution in [2.24, 2.45) is 0 Å². The smallest absolute Gasteiger partial charge is 0.0471 e. The molecule has 0 atom stereocenters. The summed E-state index contributed by atoms with van der Waals surface area (Å²) < 4.78 is 0. The van der Waals surface area contributed by atoms with Gasteiger partial charge < -0.3 is 4.98 Å². The Morgan fingerprint density at radius 3 is 2.67 bits per heavy atom. The second-order valence-electron chi connectivity index (χ2n) is 6.03. The predicted octanol–water partition coefficient (Wildman–Crippen LogP) is 5.20. The van der Waals surface area contributed by atoms with Crippen LogP contribution >= 0.6 is 0 Å². The van der Waals surface area contributed by atoms with Gasteiger partial charge in [-0.05, 0) is 53.8 Å². The first kappa shape index (κ1) is 11.2. The highest BCUT2D eigenvalue weighted by Crippen LogP contribution is 2.43. The Morgan fingerprint density at radius 2 is 1.71 bits per heavy atom. The SMILES string of the molecule is Cc1ccc2[nH]c3ccc4c(c3c2c1)-c1ccccc1C4. The van der Waals surface area contributed by atoms with Crippen LogP contribution in [0.4, 0.5) is 0 Å². The molecule has 5 rings (SSSR count). The normalized spacial score (nSPS) is 12.8. The number of aromatic nitrogens is 1. The Hall–Kier alpha value is -2.54. The molecular weight excluding hydrogens is 254 g/mol. The van der Waals surface area contributed by atoms with Crippen LogP contribution in [0.5, 0.6) is 0 Å². The number of nitrogens with one attached hydrogen (secondary N) is 1. The lowest BCUT2D eigenvalue weighted by atomic mass is 9.99. The Bertz CT molecular complexity index is 1020. The van der Waals surface area contributed by atoms with Gasteiger partial charge >= 0.3 is 0 Å². The Morgan fingerprint density at radius 1 is 0.857 bits per heavy atom. The second-order valence-corrected chi connectivity index (χ2v) is 6.03. The van der Waals surface area contributed by atoms with E-state index in [0.29, 0.717) is 0 Å². The fraction of sp³-hybridized carbons (Fsp3) is 0.100.